The second-order valence-electron chi connectivity index (χ2n) is 6.12. The molecule has 0 bridgehead atoms. The largest absolute Gasteiger partial charge is 0.486 e. The maximum absolute atomic E-state index is 12.4. The van der Waals surface area contributed by atoms with Gasteiger partial charge in [-0.1, -0.05) is 0 Å². The zero-order chi connectivity index (χ0) is 21.8. The van der Waals surface area contributed by atoms with Crippen LogP contribution in [-0.2, 0) is 6.61 Å². The van der Waals surface area contributed by atoms with Gasteiger partial charge in [-0.25, -0.2) is 0 Å². The van der Waals surface area contributed by atoms with Gasteiger partial charge in [-0.3, -0.25) is 25.0 Å². The van der Waals surface area contributed by atoms with Gasteiger partial charge in [-0.2, -0.15) is 0 Å². The zero-order valence-electron chi connectivity index (χ0n) is 15.5. The first-order valence-corrected chi connectivity index (χ1v) is 9.54. The van der Waals surface area contributed by atoms with Crippen LogP contribution in [0.5, 0.6) is 5.75 Å². The van der Waals surface area contributed by atoms with E-state index in [2.05, 4.69) is 27.9 Å². The first kappa shape index (κ1) is 21.2. The molecule has 0 unspecified atom stereocenters. The molecule has 3 aromatic rings. The smallest absolute Gasteiger partial charge is 0.291 e. The Bertz CT molecular complexity index is 1090. The van der Waals surface area contributed by atoms with Gasteiger partial charge in [-0.05, 0) is 65.9 Å². The molecule has 0 aliphatic carbocycles. The molecule has 30 heavy (non-hydrogen) atoms. The number of ether oxygens (including phenoxy) is 1. The van der Waals surface area contributed by atoms with Crippen molar-refractivity contribution >= 4 is 45.6 Å². The van der Waals surface area contributed by atoms with Crippen LogP contribution < -0.4 is 10.1 Å². The predicted molar refractivity (Wildman–Crippen MR) is 115 cm³/mol. The number of benzene rings is 2. The molecule has 0 atom stereocenters. The maximum Gasteiger partial charge on any atom is 0.291 e. The topological polar surface area (TPSA) is 138 Å². The van der Waals surface area contributed by atoms with Gasteiger partial charge in [0.05, 0.1) is 15.5 Å². The summed E-state index contributed by atoms with van der Waals surface area (Å²) in [6.45, 7) is 1.36. The Morgan fingerprint density at radius 3 is 2.23 bits per heavy atom. The third kappa shape index (κ3) is 4.92. The highest BCUT2D eigenvalue weighted by Crippen LogP contribution is 2.32. The summed E-state index contributed by atoms with van der Waals surface area (Å²) in [5.74, 6) is 0.252. The molecule has 11 heteroatoms. The predicted octanol–water partition coefficient (Wildman–Crippen LogP) is 4.84. The average molecular weight is 523 g/mol. The highest BCUT2D eigenvalue weighted by Gasteiger charge is 2.24. The van der Waals surface area contributed by atoms with Crippen LogP contribution in [0.3, 0.4) is 0 Å². The average Bonchev–Trinajstić information content (AvgIpc) is 3.17. The molecule has 0 aliphatic heterocycles. The van der Waals surface area contributed by atoms with Crippen molar-refractivity contribution in [1.29, 1.82) is 0 Å². The monoisotopic (exact) mass is 523 g/mol. The molecule has 2 aromatic carbocycles. The SMILES string of the molecule is Cc1c([N+](=O)[O-])cc(NC(=O)c2ccc(COc3ccc(I)cc3)o2)cc1[N+](=O)[O-]. The molecule has 1 amide bonds. The number of anilines is 1. The van der Waals surface area contributed by atoms with Crippen molar-refractivity contribution in [2.24, 2.45) is 0 Å². The summed E-state index contributed by atoms with van der Waals surface area (Å²) >= 11 is 2.18. The van der Waals surface area contributed by atoms with E-state index in [9.17, 15) is 25.0 Å². The molecule has 0 saturated heterocycles. The van der Waals surface area contributed by atoms with E-state index < -0.39 is 27.1 Å². The van der Waals surface area contributed by atoms with Crippen molar-refractivity contribution in [3.8, 4) is 5.75 Å². The van der Waals surface area contributed by atoms with Gasteiger partial charge in [0.25, 0.3) is 17.3 Å². The molecule has 0 fully saturated rings. The highest BCUT2D eigenvalue weighted by atomic mass is 127. The van der Waals surface area contributed by atoms with E-state index in [-0.39, 0.29) is 23.6 Å². The van der Waals surface area contributed by atoms with Crippen LogP contribution in [0.4, 0.5) is 17.1 Å². The Morgan fingerprint density at radius 1 is 1.07 bits per heavy atom. The lowest BCUT2D eigenvalue weighted by molar-refractivity contribution is -0.395. The first-order valence-electron chi connectivity index (χ1n) is 8.46. The molecule has 0 saturated carbocycles. The Hall–Kier alpha value is -3.48. The number of furan rings is 1. The summed E-state index contributed by atoms with van der Waals surface area (Å²) < 4.78 is 12.1. The Kier molecular flexibility index (Phi) is 6.30. The molecule has 1 heterocycles. The van der Waals surface area contributed by atoms with Crippen molar-refractivity contribution in [3.05, 3.63) is 89.4 Å². The first-order chi connectivity index (χ1) is 14.2. The molecule has 0 spiro atoms. The number of nitrogens with one attached hydrogen (secondary N) is 1. The van der Waals surface area contributed by atoms with Crippen molar-refractivity contribution in [2.75, 3.05) is 5.32 Å². The molecule has 0 radical (unpaired) electrons. The molecular formula is C19H14IN3O7. The number of amides is 1. The Morgan fingerprint density at radius 2 is 1.67 bits per heavy atom. The van der Waals surface area contributed by atoms with E-state index in [4.69, 9.17) is 9.15 Å². The maximum atomic E-state index is 12.4. The lowest BCUT2D eigenvalue weighted by Gasteiger charge is -2.06. The summed E-state index contributed by atoms with van der Waals surface area (Å²) in [6, 6.07) is 12.5. The van der Waals surface area contributed by atoms with Crippen molar-refractivity contribution in [3.63, 3.8) is 0 Å². The van der Waals surface area contributed by atoms with Crippen LogP contribution in [0, 0.1) is 30.7 Å². The van der Waals surface area contributed by atoms with Crippen LogP contribution in [0.2, 0.25) is 0 Å². The van der Waals surface area contributed by atoms with E-state index >= 15 is 0 Å². The number of nitro benzene ring substituents is 2. The van der Waals surface area contributed by atoms with Gasteiger partial charge in [0.1, 0.15) is 23.7 Å². The van der Waals surface area contributed by atoms with Gasteiger partial charge >= 0.3 is 0 Å². The highest BCUT2D eigenvalue weighted by molar-refractivity contribution is 14.1. The van der Waals surface area contributed by atoms with E-state index in [0.717, 1.165) is 15.7 Å². The van der Waals surface area contributed by atoms with E-state index in [1.54, 1.807) is 18.2 Å². The number of nitrogens with zero attached hydrogens (tertiary/aromatic N) is 2. The van der Waals surface area contributed by atoms with Crippen LogP contribution in [0.25, 0.3) is 0 Å². The zero-order valence-corrected chi connectivity index (χ0v) is 17.6. The molecule has 10 nitrogen and oxygen atoms in total. The summed E-state index contributed by atoms with van der Waals surface area (Å²) in [4.78, 5) is 33.2. The van der Waals surface area contributed by atoms with Gasteiger partial charge in [-0.15, -0.1) is 0 Å². The minimum Gasteiger partial charge on any atom is -0.486 e. The third-order valence-electron chi connectivity index (χ3n) is 4.08. The van der Waals surface area contributed by atoms with E-state index in [1.807, 2.05) is 12.1 Å². The number of carbonyl (C=O) groups is 1. The standard InChI is InChI=1S/C19H14IN3O7/c1-11-16(22(25)26)8-13(9-17(11)23(27)28)21-19(24)18-7-6-15(30-18)10-29-14-4-2-12(20)3-5-14/h2-9H,10H2,1H3,(H,21,24). The molecular weight excluding hydrogens is 509 g/mol. The van der Waals surface area contributed by atoms with Crippen LogP contribution in [0.1, 0.15) is 21.9 Å². The van der Waals surface area contributed by atoms with E-state index in [1.165, 1.54) is 13.0 Å². The fraction of sp³-hybridized carbons (Fsp3) is 0.105. The van der Waals surface area contributed by atoms with Gasteiger partial charge in [0, 0.05) is 15.7 Å². The number of rotatable bonds is 7. The Balaban J connectivity index is 1.73. The second kappa shape index (κ2) is 8.90. The summed E-state index contributed by atoms with van der Waals surface area (Å²) in [5.41, 5.74) is -1.12. The van der Waals surface area contributed by atoms with Crippen LogP contribution in [-0.4, -0.2) is 15.8 Å². The number of nitro groups is 2. The van der Waals surface area contributed by atoms with Crippen LogP contribution >= 0.6 is 22.6 Å². The summed E-state index contributed by atoms with van der Waals surface area (Å²) in [5, 5.41) is 24.7. The lowest BCUT2D eigenvalue weighted by Crippen LogP contribution is -2.12. The second-order valence-corrected chi connectivity index (χ2v) is 7.36. The lowest BCUT2D eigenvalue weighted by atomic mass is 10.1. The molecule has 1 N–H and O–H groups in total. The van der Waals surface area contributed by atoms with E-state index in [0.29, 0.717) is 11.5 Å². The summed E-state index contributed by atoms with van der Waals surface area (Å²) in [7, 11) is 0. The molecule has 3 rings (SSSR count). The van der Waals surface area contributed by atoms with Crippen molar-refractivity contribution in [2.45, 2.75) is 13.5 Å². The number of halogens is 1. The van der Waals surface area contributed by atoms with Crippen molar-refractivity contribution < 1.29 is 23.8 Å². The quantitative estimate of drug-likeness (QED) is 0.266. The number of hydrogen-bond donors (Lipinski definition) is 1. The van der Waals surface area contributed by atoms with Gasteiger partial charge in [0.2, 0.25) is 0 Å². The normalized spacial score (nSPS) is 10.5. The number of hydrogen-bond acceptors (Lipinski definition) is 7. The molecule has 154 valence electrons. The third-order valence-corrected chi connectivity index (χ3v) is 4.80. The minimum absolute atomic E-state index is 0.0675. The summed E-state index contributed by atoms with van der Waals surface area (Å²) in [6.07, 6.45) is 0. The Labute approximate surface area is 183 Å². The minimum atomic E-state index is -0.745. The molecule has 0 aliphatic rings. The fourth-order valence-corrected chi connectivity index (χ4v) is 2.95. The van der Waals surface area contributed by atoms with Crippen molar-refractivity contribution in [1.82, 2.24) is 0 Å². The fourth-order valence-electron chi connectivity index (χ4n) is 2.59. The van der Waals surface area contributed by atoms with Crippen LogP contribution in [0.15, 0.2) is 52.9 Å². The van der Waals surface area contributed by atoms with Gasteiger partial charge < -0.3 is 14.5 Å². The van der Waals surface area contributed by atoms with Gasteiger partial charge in [0.15, 0.2) is 5.76 Å². The molecule has 1 aromatic heterocycles. The number of carbonyl (C=O) groups excluding carboxylic acids is 1.